The van der Waals surface area contributed by atoms with Gasteiger partial charge in [-0.2, -0.15) is 5.01 Å². The predicted octanol–water partition coefficient (Wildman–Crippen LogP) is 5.12. The summed E-state index contributed by atoms with van der Waals surface area (Å²) in [5.74, 6) is 0. The van der Waals surface area contributed by atoms with Crippen LogP contribution in [0.4, 0.5) is 15.3 Å². The Balaban J connectivity index is 2.03. The van der Waals surface area contributed by atoms with Crippen molar-refractivity contribution in [2.45, 2.75) is 65.6 Å². The average molecular weight is 384 g/mol. The molecule has 28 heavy (non-hydrogen) atoms. The van der Waals surface area contributed by atoms with Crippen LogP contribution in [0.5, 0.6) is 0 Å². The van der Waals surface area contributed by atoms with Crippen LogP contribution in [0, 0.1) is 0 Å². The lowest BCUT2D eigenvalue weighted by Crippen LogP contribution is -2.50. The van der Waals surface area contributed by atoms with E-state index in [0.29, 0.717) is 5.69 Å². The molecule has 0 spiro atoms. The van der Waals surface area contributed by atoms with Crippen molar-refractivity contribution in [3.63, 3.8) is 0 Å². The first-order chi connectivity index (χ1) is 12.9. The van der Waals surface area contributed by atoms with Gasteiger partial charge in [-0.25, -0.2) is 15.0 Å². The molecular formula is C22H28N2O4. The molecule has 6 nitrogen and oxygen atoms in total. The molecule has 150 valence electrons. The Morgan fingerprint density at radius 2 is 1.50 bits per heavy atom. The van der Waals surface area contributed by atoms with Crippen molar-refractivity contribution in [2.75, 3.05) is 5.01 Å². The van der Waals surface area contributed by atoms with E-state index in [0.717, 1.165) is 28.6 Å². The van der Waals surface area contributed by atoms with Gasteiger partial charge in [-0.05, 0) is 77.0 Å². The van der Waals surface area contributed by atoms with Gasteiger partial charge in [0.2, 0.25) is 0 Å². The van der Waals surface area contributed by atoms with Gasteiger partial charge in [0, 0.05) is 5.39 Å². The topological polar surface area (TPSA) is 67.9 Å². The van der Waals surface area contributed by atoms with Crippen molar-refractivity contribution < 1.29 is 19.1 Å². The van der Waals surface area contributed by atoms with Gasteiger partial charge >= 0.3 is 12.2 Å². The SMILES string of the molecule is CC(C)(C)OC(=O)NN(C(=O)OC(C)(C)C)c1ccc2c3c(cccc13)CC2. The zero-order chi connectivity index (χ0) is 20.7. The van der Waals surface area contributed by atoms with Crippen molar-refractivity contribution in [1.29, 1.82) is 0 Å². The number of nitrogens with zero attached hydrogens (tertiary/aromatic N) is 1. The standard InChI is InChI=1S/C22H28N2O4/c1-21(2,3)27-19(25)23-24(20(26)28-22(4,5)6)17-13-12-15-11-10-14-8-7-9-16(17)18(14)15/h7-9,12-13H,10-11H2,1-6H3,(H,23,25). The molecule has 1 aliphatic rings. The number of rotatable bonds is 1. The summed E-state index contributed by atoms with van der Waals surface area (Å²) in [6.07, 6.45) is 0.558. The molecule has 2 aromatic carbocycles. The molecular weight excluding hydrogens is 356 g/mol. The van der Waals surface area contributed by atoms with Crippen LogP contribution < -0.4 is 10.4 Å². The molecule has 0 saturated heterocycles. The van der Waals surface area contributed by atoms with Crippen LogP contribution in [-0.2, 0) is 22.3 Å². The predicted molar refractivity (Wildman–Crippen MR) is 109 cm³/mol. The number of benzene rings is 2. The average Bonchev–Trinajstić information content (AvgIpc) is 2.95. The van der Waals surface area contributed by atoms with E-state index in [1.165, 1.54) is 11.1 Å². The summed E-state index contributed by atoms with van der Waals surface area (Å²) < 4.78 is 10.9. The van der Waals surface area contributed by atoms with Crippen LogP contribution in [0.2, 0.25) is 0 Å². The highest BCUT2D eigenvalue weighted by molar-refractivity contribution is 6.05. The third kappa shape index (κ3) is 4.38. The zero-order valence-corrected chi connectivity index (χ0v) is 17.4. The van der Waals surface area contributed by atoms with Gasteiger partial charge in [0.15, 0.2) is 0 Å². The summed E-state index contributed by atoms with van der Waals surface area (Å²) >= 11 is 0. The largest absolute Gasteiger partial charge is 0.443 e. The number of nitrogens with one attached hydrogen (secondary N) is 1. The van der Waals surface area contributed by atoms with Gasteiger partial charge in [0.25, 0.3) is 0 Å². The lowest BCUT2D eigenvalue weighted by atomic mass is 10.0. The van der Waals surface area contributed by atoms with E-state index in [9.17, 15) is 9.59 Å². The second-order valence-corrected chi connectivity index (χ2v) is 9.01. The normalized spacial score (nSPS) is 13.4. The van der Waals surface area contributed by atoms with E-state index in [4.69, 9.17) is 9.47 Å². The van der Waals surface area contributed by atoms with E-state index in [2.05, 4.69) is 11.5 Å². The number of hydrogen-bond donors (Lipinski definition) is 1. The first-order valence-electron chi connectivity index (χ1n) is 9.51. The van der Waals surface area contributed by atoms with Gasteiger partial charge in [-0.15, -0.1) is 0 Å². The van der Waals surface area contributed by atoms with Crippen molar-refractivity contribution in [3.8, 4) is 0 Å². The molecule has 0 heterocycles. The third-order valence-electron chi connectivity index (χ3n) is 4.27. The minimum absolute atomic E-state index is 0.558. The first-order valence-corrected chi connectivity index (χ1v) is 9.51. The monoisotopic (exact) mass is 384 g/mol. The fraction of sp³-hybridized carbons (Fsp3) is 0.455. The number of carbonyl (C=O) groups is 2. The summed E-state index contributed by atoms with van der Waals surface area (Å²) in [4.78, 5) is 25.3. The number of aryl methyl sites for hydroxylation is 2. The molecule has 2 aromatic rings. The Morgan fingerprint density at radius 3 is 2.11 bits per heavy atom. The molecule has 0 aromatic heterocycles. The Morgan fingerprint density at radius 1 is 0.893 bits per heavy atom. The van der Waals surface area contributed by atoms with Crippen molar-refractivity contribution in [1.82, 2.24) is 5.43 Å². The Kier molecular flexibility index (Phi) is 5.00. The molecule has 6 heteroatoms. The molecule has 0 bridgehead atoms. The maximum absolute atomic E-state index is 12.9. The molecule has 0 atom stereocenters. The van der Waals surface area contributed by atoms with Crippen LogP contribution in [0.1, 0.15) is 52.7 Å². The highest BCUT2D eigenvalue weighted by atomic mass is 16.6. The van der Waals surface area contributed by atoms with E-state index < -0.39 is 23.4 Å². The number of amides is 2. The second kappa shape index (κ2) is 7.00. The molecule has 3 rings (SSSR count). The van der Waals surface area contributed by atoms with Crippen LogP contribution in [-0.4, -0.2) is 23.4 Å². The Hall–Kier alpha value is -2.76. The third-order valence-corrected chi connectivity index (χ3v) is 4.27. The lowest BCUT2D eigenvalue weighted by molar-refractivity contribution is 0.0425. The number of hydrogen-bond acceptors (Lipinski definition) is 4. The van der Waals surface area contributed by atoms with Gasteiger partial charge in [0.1, 0.15) is 11.2 Å². The molecule has 0 radical (unpaired) electrons. The first kappa shape index (κ1) is 20.0. The van der Waals surface area contributed by atoms with E-state index >= 15 is 0 Å². The number of anilines is 1. The number of carbonyl (C=O) groups excluding carboxylic acids is 2. The van der Waals surface area contributed by atoms with Crippen LogP contribution in [0.3, 0.4) is 0 Å². The van der Waals surface area contributed by atoms with Crippen molar-refractivity contribution in [2.24, 2.45) is 0 Å². The fourth-order valence-electron chi connectivity index (χ4n) is 3.33. The fourth-order valence-corrected chi connectivity index (χ4v) is 3.33. The molecule has 2 amide bonds. The van der Waals surface area contributed by atoms with Crippen LogP contribution in [0.15, 0.2) is 30.3 Å². The Bertz CT molecular complexity index is 912. The van der Waals surface area contributed by atoms with Gasteiger partial charge in [-0.3, -0.25) is 0 Å². The molecule has 1 N–H and O–H groups in total. The van der Waals surface area contributed by atoms with E-state index in [1.807, 2.05) is 24.3 Å². The highest BCUT2D eigenvalue weighted by Crippen LogP contribution is 2.36. The molecule has 1 aliphatic carbocycles. The van der Waals surface area contributed by atoms with Crippen molar-refractivity contribution in [3.05, 3.63) is 41.5 Å². The number of ether oxygens (including phenoxy) is 2. The molecule has 0 aliphatic heterocycles. The summed E-state index contributed by atoms with van der Waals surface area (Å²) in [6, 6.07) is 9.87. The quantitative estimate of drug-likeness (QED) is 0.693. The summed E-state index contributed by atoms with van der Waals surface area (Å²) in [5, 5.41) is 3.18. The van der Waals surface area contributed by atoms with Gasteiger partial charge in [-0.1, -0.05) is 24.3 Å². The maximum atomic E-state index is 12.9. The molecule has 0 fully saturated rings. The van der Waals surface area contributed by atoms with E-state index in [-0.39, 0.29) is 0 Å². The van der Waals surface area contributed by atoms with Gasteiger partial charge in [0.05, 0.1) is 5.69 Å². The minimum atomic E-state index is -0.721. The maximum Gasteiger partial charge on any atom is 0.434 e. The lowest BCUT2D eigenvalue weighted by Gasteiger charge is -2.29. The van der Waals surface area contributed by atoms with Crippen LogP contribution >= 0.6 is 0 Å². The summed E-state index contributed by atoms with van der Waals surface area (Å²) in [6.45, 7) is 10.6. The second-order valence-electron chi connectivity index (χ2n) is 9.01. The Labute approximate surface area is 165 Å². The van der Waals surface area contributed by atoms with Crippen molar-refractivity contribution >= 4 is 28.6 Å². The van der Waals surface area contributed by atoms with Crippen LogP contribution in [0.25, 0.3) is 10.8 Å². The smallest absolute Gasteiger partial charge is 0.434 e. The summed E-state index contributed by atoms with van der Waals surface area (Å²) in [5.41, 5.74) is 4.21. The molecule has 0 saturated carbocycles. The zero-order valence-electron chi connectivity index (χ0n) is 17.4. The van der Waals surface area contributed by atoms with E-state index in [1.54, 1.807) is 41.5 Å². The van der Waals surface area contributed by atoms with Gasteiger partial charge < -0.3 is 9.47 Å². The minimum Gasteiger partial charge on any atom is -0.443 e. The number of hydrazine groups is 1. The molecule has 0 unspecified atom stereocenters. The highest BCUT2D eigenvalue weighted by Gasteiger charge is 2.29. The summed E-state index contributed by atoms with van der Waals surface area (Å²) in [7, 11) is 0.